The molecule has 0 amide bonds. The summed E-state index contributed by atoms with van der Waals surface area (Å²) in [4.78, 5) is 0. The smallest absolute Gasteiger partial charge is 0.0381 e. The Morgan fingerprint density at radius 1 is 1.00 bits per heavy atom. The summed E-state index contributed by atoms with van der Waals surface area (Å²) in [6.07, 6.45) is 11.2. The van der Waals surface area contributed by atoms with Crippen LogP contribution in [0, 0.1) is 5.92 Å². The minimum Gasteiger partial charge on any atom is -0.138 e. The van der Waals surface area contributed by atoms with E-state index in [1.54, 1.807) is 0 Å². The van der Waals surface area contributed by atoms with Gasteiger partial charge < -0.3 is 0 Å². The lowest BCUT2D eigenvalue weighted by Gasteiger charge is -2.13. The standard InChI is InChI=1S/C11H25P/c1-3-5-8-11(4-2)9-6-7-10-12/h11H,3-10,12H2,1-2H3. The second-order valence-electron chi connectivity index (χ2n) is 3.70. The molecule has 2 atom stereocenters. The van der Waals surface area contributed by atoms with Gasteiger partial charge in [-0.1, -0.05) is 52.4 Å². The molecule has 0 aromatic rings. The maximum absolute atomic E-state index is 2.81. The topological polar surface area (TPSA) is 0 Å². The van der Waals surface area contributed by atoms with Crippen molar-refractivity contribution in [1.82, 2.24) is 0 Å². The van der Waals surface area contributed by atoms with Crippen LogP contribution in [0.3, 0.4) is 0 Å². The van der Waals surface area contributed by atoms with E-state index in [-0.39, 0.29) is 0 Å². The molecule has 0 nitrogen and oxygen atoms in total. The predicted molar refractivity (Wildman–Crippen MR) is 61.7 cm³/mol. The third-order valence-electron chi connectivity index (χ3n) is 2.61. The second kappa shape index (κ2) is 9.52. The molecule has 74 valence electrons. The van der Waals surface area contributed by atoms with Crippen LogP contribution >= 0.6 is 9.24 Å². The van der Waals surface area contributed by atoms with Crippen LogP contribution in [0.25, 0.3) is 0 Å². The zero-order valence-corrected chi connectivity index (χ0v) is 9.97. The van der Waals surface area contributed by atoms with Crippen LogP contribution in [-0.2, 0) is 0 Å². The molecule has 0 rings (SSSR count). The summed E-state index contributed by atoms with van der Waals surface area (Å²) in [7, 11) is 2.81. The largest absolute Gasteiger partial charge is 0.138 e. The summed E-state index contributed by atoms with van der Waals surface area (Å²) in [6, 6.07) is 0. The summed E-state index contributed by atoms with van der Waals surface area (Å²) >= 11 is 0. The molecule has 0 fully saturated rings. The quantitative estimate of drug-likeness (QED) is 0.394. The molecule has 12 heavy (non-hydrogen) atoms. The lowest BCUT2D eigenvalue weighted by Crippen LogP contribution is -1.98. The van der Waals surface area contributed by atoms with Gasteiger partial charge >= 0.3 is 0 Å². The van der Waals surface area contributed by atoms with Gasteiger partial charge in [-0.3, -0.25) is 0 Å². The van der Waals surface area contributed by atoms with Crippen LogP contribution in [-0.4, -0.2) is 6.16 Å². The molecule has 0 saturated carbocycles. The van der Waals surface area contributed by atoms with Crippen LogP contribution < -0.4 is 0 Å². The van der Waals surface area contributed by atoms with E-state index in [0.29, 0.717) is 0 Å². The lowest BCUT2D eigenvalue weighted by atomic mass is 9.94. The fourth-order valence-corrected chi connectivity index (χ4v) is 1.91. The summed E-state index contributed by atoms with van der Waals surface area (Å²) in [5, 5.41) is 0. The molecule has 0 aromatic heterocycles. The number of rotatable bonds is 8. The van der Waals surface area contributed by atoms with Gasteiger partial charge in [0.25, 0.3) is 0 Å². The number of hydrogen-bond acceptors (Lipinski definition) is 0. The van der Waals surface area contributed by atoms with Crippen molar-refractivity contribution < 1.29 is 0 Å². The molecule has 0 saturated heterocycles. The Hall–Kier alpha value is 0.430. The van der Waals surface area contributed by atoms with E-state index in [1.165, 1.54) is 51.1 Å². The van der Waals surface area contributed by atoms with Crippen molar-refractivity contribution in [2.75, 3.05) is 6.16 Å². The molecule has 0 aliphatic rings. The van der Waals surface area contributed by atoms with Crippen molar-refractivity contribution in [3.63, 3.8) is 0 Å². The van der Waals surface area contributed by atoms with E-state index < -0.39 is 0 Å². The van der Waals surface area contributed by atoms with Gasteiger partial charge in [-0.25, -0.2) is 0 Å². The highest BCUT2D eigenvalue weighted by Gasteiger charge is 2.04. The second-order valence-corrected chi connectivity index (χ2v) is 4.28. The first-order valence-corrected chi connectivity index (χ1v) is 6.36. The van der Waals surface area contributed by atoms with E-state index in [2.05, 4.69) is 23.1 Å². The van der Waals surface area contributed by atoms with Gasteiger partial charge in [-0.2, -0.15) is 0 Å². The molecule has 2 unspecified atom stereocenters. The Morgan fingerprint density at radius 3 is 2.17 bits per heavy atom. The third kappa shape index (κ3) is 7.10. The normalized spacial score (nSPS) is 13.2. The van der Waals surface area contributed by atoms with Crippen LogP contribution in [0.4, 0.5) is 0 Å². The van der Waals surface area contributed by atoms with Crippen molar-refractivity contribution in [3.8, 4) is 0 Å². The van der Waals surface area contributed by atoms with Crippen molar-refractivity contribution in [3.05, 3.63) is 0 Å². The zero-order chi connectivity index (χ0) is 9.23. The first-order chi connectivity index (χ1) is 5.85. The first kappa shape index (κ1) is 12.4. The van der Waals surface area contributed by atoms with Crippen molar-refractivity contribution in [2.24, 2.45) is 5.92 Å². The average Bonchev–Trinajstić information content (AvgIpc) is 2.11. The van der Waals surface area contributed by atoms with Gasteiger partial charge in [0.2, 0.25) is 0 Å². The molecular weight excluding hydrogens is 163 g/mol. The Bertz CT molecular complexity index is 81.1. The first-order valence-electron chi connectivity index (χ1n) is 5.55. The molecule has 0 aliphatic heterocycles. The highest BCUT2D eigenvalue weighted by Crippen LogP contribution is 2.19. The molecule has 0 N–H and O–H groups in total. The van der Waals surface area contributed by atoms with E-state index in [9.17, 15) is 0 Å². The fraction of sp³-hybridized carbons (Fsp3) is 1.00. The van der Waals surface area contributed by atoms with Crippen molar-refractivity contribution >= 4 is 9.24 Å². The van der Waals surface area contributed by atoms with Gasteiger partial charge in [-0.15, -0.1) is 9.24 Å². The summed E-state index contributed by atoms with van der Waals surface area (Å²) in [6.45, 7) is 4.62. The van der Waals surface area contributed by atoms with Crippen LogP contribution in [0.1, 0.15) is 58.8 Å². The van der Waals surface area contributed by atoms with Crippen LogP contribution in [0.2, 0.25) is 0 Å². The Labute approximate surface area is 80.7 Å². The Kier molecular flexibility index (Phi) is 9.86. The molecule has 0 radical (unpaired) electrons. The Morgan fingerprint density at radius 2 is 1.67 bits per heavy atom. The Balaban J connectivity index is 3.26. The molecule has 0 spiro atoms. The summed E-state index contributed by atoms with van der Waals surface area (Å²) in [5.74, 6) is 1.02. The van der Waals surface area contributed by atoms with Crippen LogP contribution in [0.15, 0.2) is 0 Å². The fourth-order valence-electron chi connectivity index (χ4n) is 1.62. The summed E-state index contributed by atoms with van der Waals surface area (Å²) in [5.41, 5.74) is 0. The molecule has 0 aromatic carbocycles. The molecule has 0 bridgehead atoms. The van der Waals surface area contributed by atoms with Gasteiger partial charge in [-0.05, 0) is 18.5 Å². The minimum absolute atomic E-state index is 1.02. The summed E-state index contributed by atoms with van der Waals surface area (Å²) < 4.78 is 0. The van der Waals surface area contributed by atoms with Gasteiger partial charge in [0.15, 0.2) is 0 Å². The highest BCUT2D eigenvalue weighted by atomic mass is 31.0. The molecule has 0 heterocycles. The lowest BCUT2D eigenvalue weighted by molar-refractivity contribution is 0.408. The predicted octanol–water partition coefficient (Wildman–Crippen LogP) is 4.25. The van der Waals surface area contributed by atoms with Crippen molar-refractivity contribution in [2.45, 2.75) is 58.8 Å². The molecular formula is C11H25P. The number of unbranched alkanes of at least 4 members (excludes halogenated alkanes) is 2. The monoisotopic (exact) mass is 188 g/mol. The van der Waals surface area contributed by atoms with E-state index >= 15 is 0 Å². The molecule has 1 heteroatoms. The maximum atomic E-state index is 2.81. The highest BCUT2D eigenvalue weighted by molar-refractivity contribution is 7.16. The van der Waals surface area contributed by atoms with E-state index in [1.807, 2.05) is 0 Å². The van der Waals surface area contributed by atoms with Crippen LogP contribution in [0.5, 0.6) is 0 Å². The maximum Gasteiger partial charge on any atom is -0.0381 e. The van der Waals surface area contributed by atoms with E-state index in [0.717, 1.165) is 5.92 Å². The van der Waals surface area contributed by atoms with Gasteiger partial charge in [0, 0.05) is 0 Å². The minimum atomic E-state index is 1.02. The number of hydrogen-bond donors (Lipinski definition) is 0. The average molecular weight is 188 g/mol. The SMILES string of the molecule is CCCCC(CC)CCCCP. The third-order valence-corrected chi connectivity index (χ3v) is 3.02. The van der Waals surface area contributed by atoms with E-state index in [4.69, 9.17) is 0 Å². The van der Waals surface area contributed by atoms with Gasteiger partial charge in [0.05, 0.1) is 0 Å². The zero-order valence-electron chi connectivity index (χ0n) is 8.81. The van der Waals surface area contributed by atoms with Gasteiger partial charge in [0.1, 0.15) is 0 Å². The molecule has 0 aliphatic carbocycles. The van der Waals surface area contributed by atoms with Crippen molar-refractivity contribution in [1.29, 1.82) is 0 Å².